The Morgan fingerprint density at radius 3 is 2.96 bits per heavy atom. The highest BCUT2D eigenvalue weighted by Crippen LogP contribution is 2.26. The van der Waals surface area contributed by atoms with Crippen molar-refractivity contribution in [1.82, 2.24) is 10.3 Å². The molecule has 1 aliphatic heterocycles. The van der Waals surface area contributed by atoms with Crippen molar-refractivity contribution in [1.29, 1.82) is 0 Å². The summed E-state index contributed by atoms with van der Waals surface area (Å²) in [4.78, 5) is 27.6. The summed E-state index contributed by atoms with van der Waals surface area (Å²) in [6.45, 7) is 3.79. The maximum atomic E-state index is 12.1. The summed E-state index contributed by atoms with van der Waals surface area (Å²) in [6, 6.07) is 8.94. The molecule has 1 atom stereocenters. The van der Waals surface area contributed by atoms with E-state index in [1.165, 1.54) is 0 Å². The molecule has 3 amide bonds. The van der Waals surface area contributed by atoms with E-state index in [1.807, 2.05) is 44.2 Å². The number of hydrogen-bond donors (Lipinski definition) is 3. The van der Waals surface area contributed by atoms with Gasteiger partial charge in [0.15, 0.2) is 0 Å². The Labute approximate surface area is 134 Å². The minimum atomic E-state index is -0.311. The van der Waals surface area contributed by atoms with Crippen LogP contribution in [0.2, 0.25) is 0 Å². The molecule has 3 rings (SSSR count). The molecule has 6 nitrogen and oxygen atoms in total. The van der Waals surface area contributed by atoms with Gasteiger partial charge >= 0.3 is 6.03 Å². The highest BCUT2D eigenvalue weighted by Gasteiger charge is 2.19. The average Bonchev–Trinajstić information content (AvgIpc) is 2.88. The molecular formula is C17H18N4O2. The first-order chi connectivity index (χ1) is 11.0. The first-order valence-corrected chi connectivity index (χ1v) is 7.45. The van der Waals surface area contributed by atoms with Crippen molar-refractivity contribution in [3.63, 3.8) is 0 Å². The minimum Gasteiger partial charge on any atom is -0.331 e. The number of aryl methyl sites for hydroxylation is 1. The number of hydrogen-bond acceptors (Lipinski definition) is 3. The molecule has 2 aromatic rings. The van der Waals surface area contributed by atoms with Gasteiger partial charge in [0.05, 0.1) is 12.5 Å². The number of fused-ring (bicyclic) bond motifs is 1. The van der Waals surface area contributed by atoms with Crippen molar-refractivity contribution < 1.29 is 9.59 Å². The van der Waals surface area contributed by atoms with Crippen LogP contribution in [-0.2, 0) is 11.2 Å². The molecule has 0 saturated heterocycles. The van der Waals surface area contributed by atoms with Gasteiger partial charge in [0, 0.05) is 11.9 Å². The molecule has 23 heavy (non-hydrogen) atoms. The van der Waals surface area contributed by atoms with E-state index in [9.17, 15) is 9.59 Å². The van der Waals surface area contributed by atoms with Crippen molar-refractivity contribution in [2.75, 3.05) is 10.6 Å². The summed E-state index contributed by atoms with van der Waals surface area (Å²) >= 11 is 0. The van der Waals surface area contributed by atoms with Gasteiger partial charge in [-0.05, 0) is 42.7 Å². The normalized spacial score (nSPS) is 13.9. The number of carbonyl (C=O) groups is 2. The SMILES string of the molecule is Cc1cccnc1NC(=O)N[C@H](C)c1ccc2c(c1)CC(=O)N2. The number of nitrogens with one attached hydrogen (secondary N) is 3. The van der Waals surface area contributed by atoms with E-state index in [1.54, 1.807) is 6.20 Å². The van der Waals surface area contributed by atoms with E-state index in [-0.39, 0.29) is 18.0 Å². The molecule has 0 unspecified atom stereocenters. The van der Waals surface area contributed by atoms with Crippen LogP contribution < -0.4 is 16.0 Å². The summed E-state index contributed by atoms with van der Waals surface area (Å²) < 4.78 is 0. The van der Waals surface area contributed by atoms with Crippen LogP contribution in [0, 0.1) is 6.92 Å². The first kappa shape index (κ1) is 15.0. The van der Waals surface area contributed by atoms with Crippen LogP contribution in [-0.4, -0.2) is 16.9 Å². The number of urea groups is 1. The Morgan fingerprint density at radius 1 is 1.35 bits per heavy atom. The van der Waals surface area contributed by atoms with Gasteiger partial charge in [0.2, 0.25) is 5.91 Å². The number of anilines is 2. The molecule has 1 aliphatic rings. The van der Waals surface area contributed by atoms with Crippen molar-refractivity contribution in [2.45, 2.75) is 26.3 Å². The second kappa shape index (κ2) is 6.08. The Balaban J connectivity index is 1.66. The number of amides is 3. The van der Waals surface area contributed by atoms with Crippen LogP contribution >= 0.6 is 0 Å². The third-order valence-electron chi connectivity index (χ3n) is 3.84. The predicted octanol–water partition coefficient (Wildman–Crippen LogP) is 2.77. The van der Waals surface area contributed by atoms with Gasteiger partial charge in [0.1, 0.15) is 5.82 Å². The molecule has 118 valence electrons. The van der Waals surface area contributed by atoms with Crippen LogP contribution in [0.3, 0.4) is 0 Å². The lowest BCUT2D eigenvalue weighted by atomic mass is 10.0. The molecule has 0 aliphatic carbocycles. The van der Waals surface area contributed by atoms with Crippen molar-refractivity contribution in [3.8, 4) is 0 Å². The molecule has 0 bridgehead atoms. The highest BCUT2D eigenvalue weighted by molar-refractivity contribution is 5.99. The highest BCUT2D eigenvalue weighted by atomic mass is 16.2. The maximum absolute atomic E-state index is 12.1. The largest absolute Gasteiger partial charge is 0.331 e. The summed E-state index contributed by atoms with van der Waals surface area (Å²) in [7, 11) is 0. The fourth-order valence-corrected chi connectivity index (χ4v) is 2.56. The molecule has 0 saturated carbocycles. The molecule has 6 heteroatoms. The monoisotopic (exact) mass is 310 g/mol. The number of pyridine rings is 1. The number of nitrogens with zero attached hydrogens (tertiary/aromatic N) is 1. The van der Waals surface area contributed by atoms with Gasteiger partial charge < -0.3 is 10.6 Å². The van der Waals surface area contributed by atoms with Crippen LogP contribution in [0.25, 0.3) is 0 Å². The zero-order chi connectivity index (χ0) is 16.4. The smallest absolute Gasteiger partial charge is 0.320 e. The number of rotatable bonds is 3. The lowest BCUT2D eigenvalue weighted by Crippen LogP contribution is -2.31. The van der Waals surface area contributed by atoms with E-state index in [0.717, 1.165) is 22.4 Å². The van der Waals surface area contributed by atoms with E-state index in [4.69, 9.17) is 0 Å². The molecule has 0 fully saturated rings. The van der Waals surface area contributed by atoms with Crippen molar-refractivity contribution >= 4 is 23.4 Å². The predicted molar refractivity (Wildman–Crippen MR) is 88.3 cm³/mol. The Kier molecular flexibility index (Phi) is 3.97. The van der Waals surface area contributed by atoms with E-state index >= 15 is 0 Å². The fourth-order valence-electron chi connectivity index (χ4n) is 2.56. The lowest BCUT2D eigenvalue weighted by molar-refractivity contribution is -0.115. The van der Waals surface area contributed by atoms with Crippen molar-refractivity contribution in [3.05, 3.63) is 53.2 Å². The quantitative estimate of drug-likeness (QED) is 0.815. The van der Waals surface area contributed by atoms with Crippen molar-refractivity contribution in [2.24, 2.45) is 0 Å². The summed E-state index contributed by atoms with van der Waals surface area (Å²) in [5.74, 6) is 0.544. The van der Waals surface area contributed by atoms with Crippen LogP contribution in [0.1, 0.15) is 29.7 Å². The fraction of sp³-hybridized carbons (Fsp3) is 0.235. The Bertz CT molecular complexity index is 773. The number of carbonyl (C=O) groups excluding carboxylic acids is 2. The topological polar surface area (TPSA) is 83.1 Å². The average molecular weight is 310 g/mol. The third-order valence-corrected chi connectivity index (χ3v) is 3.84. The molecule has 0 radical (unpaired) electrons. The molecule has 2 heterocycles. The standard InChI is InChI=1S/C17H18N4O2/c1-10-4-3-7-18-16(10)21-17(23)19-11(2)12-5-6-14-13(8-12)9-15(22)20-14/h3-8,11H,9H2,1-2H3,(H,20,22)(H2,18,19,21,23)/t11-/m1/s1. The summed E-state index contributed by atoms with van der Waals surface area (Å²) in [5.41, 5.74) is 3.66. The number of benzene rings is 1. The second-order valence-electron chi connectivity index (χ2n) is 5.63. The zero-order valence-corrected chi connectivity index (χ0v) is 13.0. The maximum Gasteiger partial charge on any atom is 0.320 e. The van der Waals surface area contributed by atoms with Crippen LogP contribution in [0.5, 0.6) is 0 Å². The lowest BCUT2D eigenvalue weighted by Gasteiger charge is -2.16. The molecule has 3 N–H and O–H groups in total. The van der Waals surface area contributed by atoms with Gasteiger partial charge in [-0.25, -0.2) is 9.78 Å². The van der Waals surface area contributed by atoms with Crippen LogP contribution in [0.4, 0.5) is 16.3 Å². The van der Waals surface area contributed by atoms with Gasteiger partial charge in [-0.2, -0.15) is 0 Å². The van der Waals surface area contributed by atoms with Gasteiger partial charge in [0.25, 0.3) is 0 Å². The van der Waals surface area contributed by atoms with Gasteiger partial charge in [-0.1, -0.05) is 18.2 Å². The molecule has 1 aromatic carbocycles. The second-order valence-corrected chi connectivity index (χ2v) is 5.63. The van der Waals surface area contributed by atoms with E-state index in [2.05, 4.69) is 20.9 Å². The molecule has 0 spiro atoms. The van der Waals surface area contributed by atoms with Gasteiger partial charge in [-0.15, -0.1) is 0 Å². The Hall–Kier alpha value is -2.89. The van der Waals surface area contributed by atoms with E-state index < -0.39 is 0 Å². The third kappa shape index (κ3) is 3.31. The van der Waals surface area contributed by atoms with E-state index in [0.29, 0.717) is 12.2 Å². The molecule has 1 aromatic heterocycles. The molecular weight excluding hydrogens is 292 g/mol. The summed E-state index contributed by atoms with van der Waals surface area (Å²) in [6.07, 6.45) is 2.02. The zero-order valence-electron chi connectivity index (χ0n) is 13.0. The minimum absolute atomic E-state index is 0.00105. The number of aromatic nitrogens is 1. The Morgan fingerprint density at radius 2 is 2.17 bits per heavy atom. The van der Waals surface area contributed by atoms with Crippen LogP contribution in [0.15, 0.2) is 36.5 Å². The summed E-state index contributed by atoms with van der Waals surface area (Å²) in [5, 5.41) is 8.42. The first-order valence-electron chi connectivity index (χ1n) is 7.45. The van der Waals surface area contributed by atoms with Gasteiger partial charge in [-0.3, -0.25) is 10.1 Å².